The predicted octanol–water partition coefficient (Wildman–Crippen LogP) is 2.04. The molecule has 2 rings (SSSR count). The highest BCUT2D eigenvalue weighted by Crippen LogP contribution is 2.44. The molecule has 1 unspecified atom stereocenters. The largest absolute Gasteiger partial charge is 0.481 e. The molecule has 1 amide bonds. The van der Waals surface area contributed by atoms with Crippen molar-refractivity contribution >= 4 is 11.9 Å². The zero-order valence-electron chi connectivity index (χ0n) is 11.4. The molecular weight excluding hydrogens is 230 g/mol. The number of carboxylic acid groups (broad SMARTS) is 1. The van der Waals surface area contributed by atoms with Gasteiger partial charge in [-0.25, -0.2) is 0 Å². The molecule has 18 heavy (non-hydrogen) atoms. The number of carboxylic acids is 1. The van der Waals surface area contributed by atoms with Crippen LogP contribution in [0.1, 0.15) is 46.5 Å². The maximum atomic E-state index is 12.2. The van der Waals surface area contributed by atoms with Crippen LogP contribution in [0.15, 0.2) is 0 Å². The molecule has 0 saturated heterocycles. The first-order valence-electron chi connectivity index (χ1n) is 6.84. The summed E-state index contributed by atoms with van der Waals surface area (Å²) in [5.41, 5.74) is -0.548. The van der Waals surface area contributed by atoms with E-state index in [4.69, 9.17) is 0 Å². The van der Waals surface area contributed by atoms with Gasteiger partial charge in [-0.3, -0.25) is 9.59 Å². The second-order valence-corrected chi connectivity index (χ2v) is 6.85. The topological polar surface area (TPSA) is 66.4 Å². The first-order chi connectivity index (χ1) is 8.30. The molecule has 0 aromatic carbocycles. The number of aliphatic carboxylic acids is 1. The lowest BCUT2D eigenvalue weighted by Gasteiger charge is -2.28. The van der Waals surface area contributed by atoms with E-state index in [0.717, 1.165) is 0 Å². The molecule has 1 atom stereocenters. The molecule has 2 aliphatic rings. The van der Waals surface area contributed by atoms with Gasteiger partial charge in [0.1, 0.15) is 5.92 Å². The Morgan fingerprint density at radius 2 is 1.56 bits per heavy atom. The summed E-state index contributed by atoms with van der Waals surface area (Å²) >= 11 is 0. The molecule has 2 N–H and O–H groups in total. The summed E-state index contributed by atoms with van der Waals surface area (Å²) < 4.78 is 0. The molecule has 2 fully saturated rings. The molecule has 2 aliphatic carbocycles. The van der Waals surface area contributed by atoms with Crippen LogP contribution >= 0.6 is 0 Å². The van der Waals surface area contributed by atoms with E-state index in [1.54, 1.807) is 20.8 Å². The average molecular weight is 253 g/mol. The summed E-state index contributed by atoms with van der Waals surface area (Å²) in [7, 11) is 0. The maximum Gasteiger partial charge on any atom is 0.316 e. The van der Waals surface area contributed by atoms with Crippen molar-refractivity contribution in [3.05, 3.63) is 0 Å². The molecule has 4 heteroatoms. The van der Waals surface area contributed by atoms with E-state index in [-0.39, 0.29) is 11.9 Å². The zero-order chi connectivity index (χ0) is 13.5. The van der Waals surface area contributed by atoms with Crippen molar-refractivity contribution in [3.63, 3.8) is 0 Å². The molecule has 0 aromatic rings. The Balaban J connectivity index is 2.01. The molecule has 0 bridgehead atoms. The lowest BCUT2D eigenvalue weighted by atomic mass is 9.80. The third kappa shape index (κ3) is 3.03. The minimum atomic E-state index is -1.02. The normalized spacial score (nSPS) is 21.8. The lowest BCUT2D eigenvalue weighted by Crippen LogP contribution is -2.47. The highest BCUT2D eigenvalue weighted by molar-refractivity contribution is 5.97. The van der Waals surface area contributed by atoms with Crippen LogP contribution in [0.3, 0.4) is 0 Å². The summed E-state index contributed by atoms with van der Waals surface area (Å²) in [5.74, 6) is -1.10. The van der Waals surface area contributed by atoms with Crippen LogP contribution in [0.2, 0.25) is 0 Å². The summed E-state index contributed by atoms with van der Waals surface area (Å²) in [4.78, 5) is 23.5. The Hall–Kier alpha value is -1.06. The molecule has 0 heterocycles. The minimum absolute atomic E-state index is 0.224. The van der Waals surface area contributed by atoms with Gasteiger partial charge in [0.2, 0.25) is 5.91 Å². The third-order valence-corrected chi connectivity index (χ3v) is 3.94. The second-order valence-electron chi connectivity index (χ2n) is 6.85. The standard InChI is InChI=1S/C14H23NO3/c1-14(2,3)10(13(17)18)12(16)15-11(8-4-5-8)9-6-7-9/h8-11H,4-7H2,1-3H3,(H,15,16)(H,17,18). The SMILES string of the molecule is CC(C)(C)C(C(=O)O)C(=O)NC(C1CC1)C1CC1. The van der Waals surface area contributed by atoms with Gasteiger partial charge in [0, 0.05) is 6.04 Å². The van der Waals surface area contributed by atoms with Gasteiger partial charge in [-0.2, -0.15) is 0 Å². The first kappa shape index (κ1) is 13.4. The van der Waals surface area contributed by atoms with E-state index < -0.39 is 17.3 Å². The number of hydrogen-bond acceptors (Lipinski definition) is 2. The van der Waals surface area contributed by atoms with E-state index in [1.807, 2.05) is 0 Å². The molecule has 2 saturated carbocycles. The minimum Gasteiger partial charge on any atom is -0.481 e. The fourth-order valence-corrected chi connectivity index (χ4v) is 2.65. The Morgan fingerprint density at radius 1 is 1.11 bits per heavy atom. The predicted molar refractivity (Wildman–Crippen MR) is 68.0 cm³/mol. The van der Waals surface area contributed by atoms with Crippen LogP contribution in [-0.2, 0) is 9.59 Å². The van der Waals surface area contributed by atoms with Crippen molar-refractivity contribution in [1.29, 1.82) is 0 Å². The maximum absolute atomic E-state index is 12.2. The van der Waals surface area contributed by atoms with Crippen molar-refractivity contribution in [2.75, 3.05) is 0 Å². The van der Waals surface area contributed by atoms with E-state index in [0.29, 0.717) is 11.8 Å². The van der Waals surface area contributed by atoms with E-state index in [9.17, 15) is 14.7 Å². The first-order valence-corrected chi connectivity index (χ1v) is 6.84. The van der Waals surface area contributed by atoms with Gasteiger partial charge in [0.15, 0.2) is 0 Å². The van der Waals surface area contributed by atoms with E-state index in [1.165, 1.54) is 25.7 Å². The summed E-state index contributed by atoms with van der Waals surface area (Å²) in [6, 6.07) is 0.224. The number of nitrogens with one attached hydrogen (secondary N) is 1. The zero-order valence-corrected chi connectivity index (χ0v) is 11.4. The molecule has 0 aliphatic heterocycles. The van der Waals surface area contributed by atoms with Gasteiger partial charge in [-0.15, -0.1) is 0 Å². The van der Waals surface area contributed by atoms with E-state index >= 15 is 0 Å². The van der Waals surface area contributed by atoms with Gasteiger partial charge in [-0.05, 0) is 42.9 Å². The smallest absolute Gasteiger partial charge is 0.316 e. The van der Waals surface area contributed by atoms with Gasteiger partial charge in [-0.1, -0.05) is 20.8 Å². The van der Waals surface area contributed by atoms with Crippen molar-refractivity contribution in [3.8, 4) is 0 Å². The van der Waals surface area contributed by atoms with Gasteiger partial charge in [0.25, 0.3) is 0 Å². The number of amides is 1. The second kappa shape index (κ2) is 4.56. The number of carbonyl (C=O) groups is 2. The Labute approximate surface area is 108 Å². The van der Waals surface area contributed by atoms with E-state index in [2.05, 4.69) is 5.32 Å². The number of carbonyl (C=O) groups excluding carboxylic acids is 1. The Bertz CT molecular complexity index is 339. The van der Waals surface area contributed by atoms with Gasteiger partial charge < -0.3 is 10.4 Å². The van der Waals surface area contributed by atoms with Crippen LogP contribution in [0.5, 0.6) is 0 Å². The Kier molecular flexibility index (Phi) is 3.39. The quantitative estimate of drug-likeness (QED) is 0.737. The molecule has 0 aromatic heterocycles. The Morgan fingerprint density at radius 3 is 1.83 bits per heavy atom. The van der Waals surface area contributed by atoms with Crippen molar-refractivity contribution < 1.29 is 14.7 Å². The molecule has 102 valence electrons. The highest BCUT2D eigenvalue weighted by atomic mass is 16.4. The van der Waals surface area contributed by atoms with Crippen LogP contribution in [0, 0.1) is 23.2 Å². The fourth-order valence-electron chi connectivity index (χ4n) is 2.65. The summed E-state index contributed by atoms with van der Waals surface area (Å²) in [6.07, 6.45) is 4.70. The van der Waals surface area contributed by atoms with Crippen LogP contribution in [-0.4, -0.2) is 23.0 Å². The number of hydrogen-bond donors (Lipinski definition) is 2. The summed E-state index contributed by atoms with van der Waals surface area (Å²) in [5, 5.41) is 12.2. The lowest BCUT2D eigenvalue weighted by molar-refractivity contribution is -0.151. The van der Waals surface area contributed by atoms with Gasteiger partial charge >= 0.3 is 5.97 Å². The monoisotopic (exact) mass is 253 g/mol. The van der Waals surface area contributed by atoms with Crippen LogP contribution in [0.4, 0.5) is 0 Å². The average Bonchev–Trinajstić information content (AvgIpc) is 3.05. The molecule has 0 radical (unpaired) electrons. The summed E-state index contributed by atoms with van der Waals surface area (Å²) in [6.45, 7) is 5.40. The molecule has 0 spiro atoms. The highest BCUT2D eigenvalue weighted by Gasteiger charge is 2.45. The fraction of sp³-hybridized carbons (Fsp3) is 0.857. The van der Waals surface area contributed by atoms with Crippen molar-refractivity contribution in [2.45, 2.75) is 52.5 Å². The number of rotatable bonds is 5. The third-order valence-electron chi connectivity index (χ3n) is 3.94. The van der Waals surface area contributed by atoms with Gasteiger partial charge in [0.05, 0.1) is 0 Å². The van der Waals surface area contributed by atoms with Crippen molar-refractivity contribution in [2.24, 2.45) is 23.2 Å². The van der Waals surface area contributed by atoms with Crippen LogP contribution < -0.4 is 5.32 Å². The van der Waals surface area contributed by atoms with Crippen molar-refractivity contribution in [1.82, 2.24) is 5.32 Å². The molecular formula is C14H23NO3. The van der Waals surface area contributed by atoms with Crippen LogP contribution in [0.25, 0.3) is 0 Å². The molecule has 4 nitrogen and oxygen atoms in total.